The van der Waals surface area contributed by atoms with Crippen molar-refractivity contribution >= 4 is 29.8 Å². The van der Waals surface area contributed by atoms with Gasteiger partial charge in [-0.05, 0) is 37.5 Å². The molecule has 0 spiro atoms. The smallest absolute Gasteiger partial charge is 0.429 e. The number of aliphatic imine (C=N–C) groups is 1. The van der Waals surface area contributed by atoms with Gasteiger partial charge in [0, 0.05) is 25.0 Å². The number of nitrogens with one attached hydrogen (secondary N) is 1. The molecule has 27 heavy (non-hydrogen) atoms. The average molecular weight is 375 g/mol. The van der Waals surface area contributed by atoms with Gasteiger partial charge in [0.25, 0.3) is 0 Å². The van der Waals surface area contributed by atoms with Crippen LogP contribution in [-0.2, 0) is 19.4 Å². The second kappa shape index (κ2) is 9.79. The third-order valence-electron chi connectivity index (χ3n) is 3.91. The number of ether oxygens (including phenoxy) is 1. The zero-order chi connectivity index (χ0) is 19.8. The molecule has 0 bridgehead atoms. The Hall–Kier alpha value is -2.78. The first-order valence-electron chi connectivity index (χ1n) is 8.67. The Morgan fingerprint density at radius 1 is 1.30 bits per heavy atom. The number of rotatable bonds is 5. The zero-order valence-electron chi connectivity index (χ0n) is 15.1. The van der Waals surface area contributed by atoms with Gasteiger partial charge in [0.2, 0.25) is 11.8 Å². The monoisotopic (exact) mass is 375 g/mol. The fraction of sp³-hybridized carbons (Fsp3) is 0.444. The van der Waals surface area contributed by atoms with E-state index >= 15 is 0 Å². The van der Waals surface area contributed by atoms with Crippen LogP contribution in [0.25, 0.3) is 0 Å². The molecule has 3 amide bonds. The number of hydrogen-bond acceptors (Lipinski definition) is 5. The molecule has 1 atom stereocenters. The van der Waals surface area contributed by atoms with Gasteiger partial charge in [-0.1, -0.05) is 12.1 Å². The second-order valence-corrected chi connectivity index (χ2v) is 6.27. The highest BCUT2D eigenvalue weighted by Gasteiger charge is 2.23. The van der Waals surface area contributed by atoms with Crippen molar-refractivity contribution in [2.75, 3.05) is 18.4 Å². The van der Waals surface area contributed by atoms with Crippen LogP contribution in [0.3, 0.4) is 0 Å². The van der Waals surface area contributed by atoms with Crippen molar-refractivity contribution in [2.24, 2.45) is 10.7 Å². The molecule has 145 valence electrons. The van der Waals surface area contributed by atoms with Crippen molar-refractivity contribution in [1.29, 1.82) is 0 Å². The largest absolute Gasteiger partial charge is 0.435 e. The fourth-order valence-corrected chi connectivity index (χ4v) is 2.53. The van der Waals surface area contributed by atoms with Crippen molar-refractivity contribution < 1.29 is 24.2 Å². The minimum Gasteiger partial charge on any atom is -0.429 e. The molecule has 1 saturated heterocycles. The molecule has 1 heterocycles. The van der Waals surface area contributed by atoms with E-state index in [2.05, 4.69) is 15.0 Å². The molecule has 3 N–H and O–H groups in total. The van der Waals surface area contributed by atoms with Crippen molar-refractivity contribution in [1.82, 2.24) is 4.90 Å². The molecule has 9 nitrogen and oxygen atoms in total. The third kappa shape index (κ3) is 7.16. The van der Waals surface area contributed by atoms with Crippen LogP contribution in [0.2, 0.25) is 0 Å². The Balaban J connectivity index is 1.81. The summed E-state index contributed by atoms with van der Waals surface area (Å²) in [5.41, 5.74) is 6.46. The number of carbonyl (C=O) groups is 3. The van der Waals surface area contributed by atoms with E-state index in [0.29, 0.717) is 37.2 Å². The Morgan fingerprint density at radius 3 is 2.52 bits per heavy atom. The summed E-state index contributed by atoms with van der Waals surface area (Å²) in [6, 6.07) is 6.56. The molecule has 1 aliphatic rings. The predicted octanol–water partition coefficient (Wildman–Crippen LogP) is 1.30. The molecule has 1 radical (unpaired) electrons. The number of carbonyl (C=O) groups excluding carboxylic acids is 3. The van der Waals surface area contributed by atoms with E-state index in [0.717, 1.165) is 0 Å². The lowest BCUT2D eigenvalue weighted by Crippen LogP contribution is -2.41. The molecule has 1 aromatic carbocycles. The minimum absolute atomic E-state index is 0.268. The average Bonchev–Trinajstić information content (AvgIpc) is 2.61. The van der Waals surface area contributed by atoms with Gasteiger partial charge in [-0.3, -0.25) is 15.3 Å². The number of benzene rings is 1. The number of anilines is 1. The molecule has 2 rings (SSSR count). The lowest BCUT2D eigenvalue weighted by atomic mass is 10.1. The molecule has 1 aromatic rings. The second-order valence-electron chi connectivity index (χ2n) is 6.27. The molecular formula is C18H23N4O5. The predicted molar refractivity (Wildman–Crippen MR) is 97.7 cm³/mol. The Morgan fingerprint density at radius 2 is 1.93 bits per heavy atom. The Kier molecular flexibility index (Phi) is 7.44. The van der Waals surface area contributed by atoms with Crippen LogP contribution in [-0.4, -0.2) is 54.4 Å². The lowest BCUT2D eigenvalue weighted by Gasteiger charge is -2.28. The molecule has 9 heteroatoms. The Labute approximate surface area is 157 Å². The number of nitrogens with zero attached hydrogens (tertiary/aromatic N) is 2. The highest BCUT2D eigenvalue weighted by Crippen LogP contribution is 2.13. The third-order valence-corrected chi connectivity index (χ3v) is 3.91. The summed E-state index contributed by atoms with van der Waals surface area (Å²) in [4.78, 5) is 40.5. The van der Waals surface area contributed by atoms with Crippen LogP contribution in [0.4, 0.5) is 10.5 Å². The van der Waals surface area contributed by atoms with Crippen LogP contribution in [0.15, 0.2) is 29.3 Å². The Bertz CT molecular complexity index is 694. The maximum absolute atomic E-state index is 12.1. The van der Waals surface area contributed by atoms with E-state index in [1.54, 1.807) is 29.2 Å². The quantitative estimate of drug-likeness (QED) is 0.454. The van der Waals surface area contributed by atoms with Crippen molar-refractivity contribution in [3.05, 3.63) is 29.8 Å². The van der Waals surface area contributed by atoms with E-state index in [-0.39, 0.29) is 12.3 Å². The summed E-state index contributed by atoms with van der Waals surface area (Å²) in [5, 5.41) is 13.9. The molecule has 0 saturated carbocycles. The lowest BCUT2D eigenvalue weighted by molar-refractivity contribution is -0.136. The number of likely N-dealkylation sites (tertiary alicyclic amines) is 1. The first-order valence-corrected chi connectivity index (χ1v) is 8.67. The molecule has 1 fully saturated rings. The van der Waals surface area contributed by atoms with Crippen LogP contribution >= 0.6 is 0 Å². The first kappa shape index (κ1) is 20.5. The summed E-state index contributed by atoms with van der Waals surface area (Å²) in [6.45, 7) is 2.32. The summed E-state index contributed by atoms with van der Waals surface area (Å²) < 4.78 is 4.67. The molecule has 1 aliphatic heterocycles. The van der Waals surface area contributed by atoms with Gasteiger partial charge in [-0.2, -0.15) is 4.99 Å². The van der Waals surface area contributed by atoms with Gasteiger partial charge in [0.05, 0.1) is 6.10 Å². The van der Waals surface area contributed by atoms with Gasteiger partial charge < -0.3 is 15.0 Å². The number of nitrogens with two attached hydrogens (primary N) is 1. The standard InChI is InChI=1S/C18H23N4O5/c1-12(19)27-18(26)20-11-13-2-4-14(5-3-13)21-16(24)10-17(25)22-8-6-15(23)7-9-22/h2-5,11-12,15H,6-10,19H2,1H3,(H,21,24)/b20-11+. The summed E-state index contributed by atoms with van der Waals surface area (Å²) in [5.74, 6) is -0.707. The maximum atomic E-state index is 12.1. The molecule has 0 aliphatic carbocycles. The van der Waals surface area contributed by atoms with E-state index in [1.165, 1.54) is 13.1 Å². The topological polar surface area (TPSA) is 134 Å². The number of piperidine rings is 1. The van der Waals surface area contributed by atoms with Gasteiger partial charge in [0.15, 0.2) is 0 Å². The summed E-state index contributed by atoms with van der Waals surface area (Å²) in [7, 11) is 0. The van der Waals surface area contributed by atoms with E-state index in [1.807, 2.05) is 0 Å². The van der Waals surface area contributed by atoms with Crippen molar-refractivity contribution in [2.45, 2.75) is 38.5 Å². The van der Waals surface area contributed by atoms with Crippen molar-refractivity contribution in [3.8, 4) is 0 Å². The summed E-state index contributed by atoms with van der Waals surface area (Å²) in [6.07, 6.45) is -0.244. The van der Waals surface area contributed by atoms with E-state index in [9.17, 15) is 19.5 Å². The van der Waals surface area contributed by atoms with Crippen LogP contribution in [0.1, 0.15) is 31.7 Å². The van der Waals surface area contributed by atoms with Crippen LogP contribution in [0.5, 0.6) is 0 Å². The number of hydrogen-bond donors (Lipinski definition) is 2. The molecular weight excluding hydrogens is 352 g/mol. The summed E-state index contributed by atoms with van der Waals surface area (Å²) >= 11 is 0. The maximum Gasteiger partial charge on any atom is 0.435 e. The normalized spacial score (nSPS) is 16.2. The molecule has 0 aromatic heterocycles. The van der Waals surface area contributed by atoms with Crippen molar-refractivity contribution in [3.63, 3.8) is 0 Å². The fourth-order valence-electron chi connectivity index (χ4n) is 2.53. The SMILES string of the molecule is CC(N)OC(=O)/N=C/c1ccc(NC(=O)CC(=O)N2CCC([O])CC2)cc1. The van der Waals surface area contributed by atoms with Gasteiger partial charge in [0.1, 0.15) is 12.6 Å². The van der Waals surface area contributed by atoms with E-state index in [4.69, 9.17) is 5.73 Å². The van der Waals surface area contributed by atoms with Gasteiger partial charge >= 0.3 is 6.09 Å². The highest BCUT2D eigenvalue weighted by atomic mass is 16.6. The highest BCUT2D eigenvalue weighted by molar-refractivity contribution is 6.03. The van der Waals surface area contributed by atoms with E-state index < -0.39 is 24.3 Å². The van der Waals surface area contributed by atoms with Crippen LogP contribution in [0, 0.1) is 0 Å². The first-order chi connectivity index (χ1) is 12.8. The molecule has 1 unspecified atom stereocenters. The number of amides is 3. The van der Waals surface area contributed by atoms with Gasteiger partial charge in [-0.25, -0.2) is 9.90 Å². The minimum atomic E-state index is -0.790. The zero-order valence-corrected chi connectivity index (χ0v) is 15.1. The van der Waals surface area contributed by atoms with Gasteiger partial charge in [-0.15, -0.1) is 0 Å². The van der Waals surface area contributed by atoms with Crippen LogP contribution < -0.4 is 11.1 Å².